The van der Waals surface area contributed by atoms with Crippen molar-refractivity contribution in [3.8, 4) is 0 Å². The zero-order valence-electron chi connectivity index (χ0n) is 9.99. The smallest absolute Gasteiger partial charge is 0.175 e. The fraction of sp³-hybridized carbons (Fsp3) is 0.364. The Labute approximate surface area is 106 Å². The van der Waals surface area contributed by atoms with Gasteiger partial charge in [0.05, 0.1) is 16.5 Å². The highest BCUT2D eigenvalue weighted by molar-refractivity contribution is 7.90. The van der Waals surface area contributed by atoms with Gasteiger partial charge < -0.3 is 5.73 Å². The summed E-state index contributed by atoms with van der Waals surface area (Å²) in [6.45, 7) is 3.60. The molecule has 2 N–H and O–H groups in total. The summed E-state index contributed by atoms with van der Waals surface area (Å²) in [5, 5.41) is 0. The number of aryl methyl sites for hydroxylation is 2. The number of nitrogens with two attached hydrogens (primary N) is 1. The van der Waals surface area contributed by atoms with Gasteiger partial charge in [0.15, 0.2) is 9.84 Å². The van der Waals surface area contributed by atoms with Crippen molar-refractivity contribution in [2.75, 3.05) is 12.1 Å². The molecule has 0 spiro atoms. The summed E-state index contributed by atoms with van der Waals surface area (Å²) in [6, 6.07) is 3.30. The normalized spacial score (nSPS) is 12.8. The van der Waals surface area contributed by atoms with E-state index in [2.05, 4.69) is 4.99 Å². The van der Waals surface area contributed by atoms with Crippen LogP contribution in [-0.2, 0) is 9.84 Å². The summed E-state index contributed by atoms with van der Waals surface area (Å²) in [4.78, 5) is 4.36. The molecule has 0 radical (unpaired) electrons. The van der Waals surface area contributed by atoms with Crippen LogP contribution >= 0.6 is 11.6 Å². The van der Waals surface area contributed by atoms with Gasteiger partial charge in [-0.2, -0.15) is 0 Å². The van der Waals surface area contributed by atoms with Crippen molar-refractivity contribution in [1.82, 2.24) is 0 Å². The van der Waals surface area contributed by atoms with Crippen LogP contribution in [0.1, 0.15) is 11.1 Å². The minimum absolute atomic E-state index is 0.113. The number of amidine groups is 1. The molecule has 0 heterocycles. The molecule has 6 heteroatoms. The van der Waals surface area contributed by atoms with Crippen molar-refractivity contribution in [3.63, 3.8) is 0 Å². The van der Waals surface area contributed by atoms with Crippen LogP contribution in [0.15, 0.2) is 22.0 Å². The maximum absolute atomic E-state index is 11.6. The highest BCUT2D eigenvalue weighted by atomic mass is 35.5. The lowest BCUT2D eigenvalue weighted by Crippen LogP contribution is -2.12. The topological polar surface area (TPSA) is 72.5 Å². The second-order valence-corrected chi connectivity index (χ2v) is 6.16. The molecule has 0 aromatic heterocycles. The Morgan fingerprint density at radius 2 is 1.94 bits per heavy atom. The van der Waals surface area contributed by atoms with E-state index < -0.39 is 9.84 Å². The fourth-order valence-electron chi connectivity index (χ4n) is 1.53. The molecular weight excluding hydrogens is 260 g/mol. The van der Waals surface area contributed by atoms with E-state index >= 15 is 0 Å². The maximum atomic E-state index is 11.6. The molecule has 1 aromatic rings. The number of halogens is 1. The Bertz CT molecular complexity index is 565. The van der Waals surface area contributed by atoms with Crippen LogP contribution in [0.3, 0.4) is 0 Å². The summed E-state index contributed by atoms with van der Waals surface area (Å²) in [6.07, 6.45) is 1.17. The first-order chi connectivity index (χ1) is 7.75. The Morgan fingerprint density at radius 3 is 2.41 bits per heavy atom. The first-order valence-corrected chi connectivity index (χ1v) is 7.38. The van der Waals surface area contributed by atoms with Crippen LogP contribution in [0, 0.1) is 13.8 Å². The summed E-state index contributed by atoms with van der Waals surface area (Å²) in [7, 11) is -3.26. The predicted molar refractivity (Wildman–Crippen MR) is 71.0 cm³/mol. The number of benzene rings is 1. The Balaban J connectivity index is 3.45. The molecule has 94 valence electrons. The Hall–Kier alpha value is -1.07. The van der Waals surface area contributed by atoms with Crippen molar-refractivity contribution >= 4 is 33.0 Å². The number of aliphatic imine (C=N–C) groups is 1. The largest absolute Gasteiger partial charge is 0.386 e. The van der Waals surface area contributed by atoms with Crippen molar-refractivity contribution < 1.29 is 8.42 Å². The summed E-state index contributed by atoms with van der Waals surface area (Å²) >= 11 is 5.54. The average molecular weight is 275 g/mol. The quantitative estimate of drug-likeness (QED) is 0.520. The number of rotatable bonds is 3. The average Bonchev–Trinajstić information content (AvgIpc) is 2.19. The van der Waals surface area contributed by atoms with Crippen LogP contribution in [-0.4, -0.2) is 26.4 Å². The van der Waals surface area contributed by atoms with E-state index in [1.807, 2.05) is 6.92 Å². The van der Waals surface area contributed by atoms with Crippen LogP contribution in [0.25, 0.3) is 0 Å². The van der Waals surface area contributed by atoms with Gasteiger partial charge in [0, 0.05) is 6.26 Å². The zero-order valence-corrected chi connectivity index (χ0v) is 11.6. The van der Waals surface area contributed by atoms with E-state index in [9.17, 15) is 8.42 Å². The van der Waals surface area contributed by atoms with Gasteiger partial charge in [0.1, 0.15) is 5.84 Å². The lowest BCUT2D eigenvalue weighted by atomic mass is 10.1. The Morgan fingerprint density at radius 1 is 1.35 bits per heavy atom. The van der Waals surface area contributed by atoms with Gasteiger partial charge in [-0.1, -0.05) is 6.07 Å². The molecule has 0 aliphatic carbocycles. The molecule has 0 aliphatic rings. The minimum atomic E-state index is -3.26. The number of hydrogen-bond acceptors (Lipinski definition) is 3. The lowest BCUT2D eigenvalue weighted by Gasteiger charge is -2.08. The van der Waals surface area contributed by atoms with E-state index in [0.717, 1.165) is 5.56 Å². The van der Waals surface area contributed by atoms with Gasteiger partial charge in [-0.15, -0.1) is 11.6 Å². The fourth-order valence-corrected chi connectivity index (χ4v) is 2.56. The molecule has 0 saturated carbocycles. The van der Waals surface area contributed by atoms with Gasteiger partial charge in [0.25, 0.3) is 0 Å². The lowest BCUT2D eigenvalue weighted by molar-refractivity contribution is 0.601. The van der Waals surface area contributed by atoms with E-state index in [4.69, 9.17) is 17.3 Å². The van der Waals surface area contributed by atoms with Crippen molar-refractivity contribution in [1.29, 1.82) is 0 Å². The van der Waals surface area contributed by atoms with E-state index in [1.54, 1.807) is 13.0 Å². The van der Waals surface area contributed by atoms with Gasteiger partial charge in [0.2, 0.25) is 0 Å². The van der Waals surface area contributed by atoms with Gasteiger partial charge >= 0.3 is 0 Å². The van der Waals surface area contributed by atoms with E-state index in [-0.39, 0.29) is 16.6 Å². The van der Waals surface area contributed by atoms with Crippen molar-refractivity contribution in [3.05, 3.63) is 23.3 Å². The summed E-state index contributed by atoms with van der Waals surface area (Å²) < 4.78 is 23.1. The molecule has 0 aliphatic heterocycles. The van der Waals surface area contributed by atoms with Gasteiger partial charge in [-0.05, 0) is 31.0 Å². The third-order valence-corrected chi connectivity index (χ3v) is 3.81. The first-order valence-electron chi connectivity index (χ1n) is 4.96. The summed E-state index contributed by atoms with van der Waals surface area (Å²) in [5.41, 5.74) is 7.64. The zero-order chi connectivity index (χ0) is 13.2. The third-order valence-electron chi connectivity index (χ3n) is 2.29. The molecule has 0 bridgehead atoms. The first kappa shape index (κ1) is 14.0. The molecule has 4 nitrogen and oxygen atoms in total. The molecular formula is C11H15ClN2O2S. The number of hydrogen-bond donors (Lipinski definition) is 1. The number of nitrogens with zero attached hydrogens (tertiary/aromatic N) is 1. The minimum Gasteiger partial charge on any atom is -0.386 e. The van der Waals surface area contributed by atoms with E-state index in [1.165, 1.54) is 12.3 Å². The van der Waals surface area contributed by atoms with Gasteiger partial charge in [-0.25, -0.2) is 13.4 Å². The Kier molecular flexibility index (Phi) is 4.16. The molecule has 0 saturated heterocycles. The monoisotopic (exact) mass is 274 g/mol. The molecule has 0 atom stereocenters. The van der Waals surface area contributed by atoms with Crippen LogP contribution in [0.4, 0.5) is 5.69 Å². The number of sulfone groups is 1. The third kappa shape index (κ3) is 3.44. The molecule has 17 heavy (non-hydrogen) atoms. The molecule has 1 rings (SSSR count). The van der Waals surface area contributed by atoms with Crippen LogP contribution in [0.2, 0.25) is 0 Å². The van der Waals surface area contributed by atoms with Crippen molar-refractivity contribution in [2.24, 2.45) is 10.7 Å². The standard InChI is InChI=1S/C11H15ClN2O2S/c1-7-4-8(2)10(17(3,15)16)5-9(7)14-11(13)6-12/h4-5H,6H2,1-3H3,(H2,13,14). The molecule has 0 unspecified atom stereocenters. The van der Waals surface area contributed by atoms with Crippen molar-refractivity contribution in [2.45, 2.75) is 18.7 Å². The van der Waals surface area contributed by atoms with E-state index in [0.29, 0.717) is 11.3 Å². The molecule has 1 aromatic carbocycles. The summed E-state index contributed by atoms with van der Waals surface area (Å²) in [5.74, 6) is 0.375. The van der Waals surface area contributed by atoms with Crippen LogP contribution < -0.4 is 5.73 Å². The molecule has 0 amide bonds. The molecule has 0 fully saturated rings. The van der Waals surface area contributed by atoms with Crippen LogP contribution in [0.5, 0.6) is 0 Å². The number of alkyl halides is 1. The second kappa shape index (κ2) is 5.06. The SMILES string of the molecule is Cc1cc(C)c(S(C)(=O)=O)cc1N=C(N)CCl. The highest BCUT2D eigenvalue weighted by Gasteiger charge is 2.13. The maximum Gasteiger partial charge on any atom is 0.175 e. The van der Waals surface area contributed by atoms with Gasteiger partial charge in [-0.3, -0.25) is 0 Å². The predicted octanol–water partition coefficient (Wildman–Crippen LogP) is 1.93. The highest BCUT2D eigenvalue weighted by Crippen LogP contribution is 2.26. The second-order valence-electron chi connectivity index (χ2n) is 3.91.